The van der Waals surface area contributed by atoms with Gasteiger partial charge in [0.1, 0.15) is 0 Å². The number of rotatable bonds is 4. The van der Waals surface area contributed by atoms with Crippen LogP contribution in [0.1, 0.15) is 21.5 Å². The highest BCUT2D eigenvalue weighted by Gasteiger charge is 2.05. The summed E-state index contributed by atoms with van der Waals surface area (Å²) in [7, 11) is 0. The van der Waals surface area contributed by atoms with Gasteiger partial charge in [0.15, 0.2) is 5.16 Å². The molecule has 1 heterocycles. The number of nitrogens with two attached hydrogens (primary N) is 1. The molecule has 0 unspecified atom stereocenters. The summed E-state index contributed by atoms with van der Waals surface area (Å²) >= 11 is 1.53. The molecular weight excluding hydrogens is 260 g/mol. The summed E-state index contributed by atoms with van der Waals surface area (Å²) in [4.78, 5) is 19.8. The first-order valence-electron chi connectivity index (χ1n) is 5.70. The maximum Gasteiger partial charge on any atom is 0.265 e. The summed E-state index contributed by atoms with van der Waals surface area (Å²) < 4.78 is 0. The number of nitrogens with zero attached hydrogens (tertiary/aromatic N) is 2. The Morgan fingerprint density at radius 3 is 2.79 bits per heavy atom. The van der Waals surface area contributed by atoms with Crippen LogP contribution in [-0.2, 0) is 5.75 Å². The minimum Gasteiger partial charge on any atom is -0.290 e. The van der Waals surface area contributed by atoms with Crippen molar-refractivity contribution in [3.63, 3.8) is 0 Å². The number of benzene rings is 1. The van der Waals surface area contributed by atoms with E-state index in [9.17, 15) is 4.79 Å². The number of hydrogen-bond acceptors (Lipinski definition) is 5. The third-order valence-electron chi connectivity index (χ3n) is 2.45. The summed E-state index contributed by atoms with van der Waals surface area (Å²) in [5.41, 5.74) is 4.72. The second-order valence-corrected chi connectivity index (χ2v) is 4.95. The maximum atomic E-state index is 11.4. The van der Waals surface area contributed by atoms with Crippen molar-refractivity contribution >= 4 is 17.7 Å². The molecule has 0 aliphatic rings. The minimum absolute atomic E-state index is 0.293. The SMILES string of the molecule is Cc1cnc(SCc2cccc(C(=O)NN)c2)nc1. The van der Waals surface area contributed by atoms with Crippen LogP contribution in [0.15, 0.2) is 41.8 Å². The number of amides is 1. The van der Waals surface area contributed by atoms with Crippen LogP contribution in [0.3, 0.4) is 0 Å². The van der Waals surface area contributed by atoms with Crippen molar-refractivity contribution in [3.8, 4) is 0 Å². The Morgan fingerprint density at radius 2 is 2.11 bits per heavy atom. The summed E-state index contributed by atoms with van der Waals surface area (Å²) in [5.74, 6) is 5.52. The number of thioether (sulfide) groups is 1. The lowest BCUT2D eigenvalue weighted by atomic mass is 10.1. The Morgan fingerprint density at radius 1 is 1.37 bits per heavy atom. The zero-order valence-corrected chi connectivity index (χ0v) is 11.3. The largest absolute Gasteiger partial charge is 0.290 e. The molecule has 0 spiro atoms. The molecule has 3 N–H and O–H groups in total. The number of hydrogen-bond donors (Lipinski definition) is 2. The molecule has 1 amide bonds. The Labute approximate surface area is 115 Å². The summed E-state index contributed by atoms with van der Waals surface area (Å²) in [6.45, 7) is 1.95. The summed E-state index contributed by atoms with van der Waals surface area (Å²) in [5, 5.41) is 0.722. The van der Waals surface area contributed by atoms with Crippen LogP contribution in [-0.4, -0.2) is 15.9 Å². The van der Waals surface area contributed by atoms with Gasteiger partial charge in [0.2, 0.25) is 0 Å². The lowest BCUT2D eigenvalue weighted by Gasteiger charge is -2.04. The zero-order valence-electron chi connectivity index (χ0n) is 10.5. The normalized spacial score (nSPS) is 10.2. The van der Waals surface area contributed by atoms with E-state index < -0.39 is 0 Å². The summed E-state index contributed by atoms with van der Waals surface area (Å²) in [6.07, 6.45) is 3.57. The van der Waals surface area contributed by atoms with Gasteiger partial charge in [0.05, 0.1) is 0 Å². The number of hydrazine groups is 1. The van der Waals surface area contributed by atoms with Gasteiger partial charge < -0.3 is 0 Å². The van der Waals surface area contributed by atoms with E-state index in [2.05, 4.69) is 15.4 Å². The molecule has 0 atom stereocenters. The van der Waals surface area contributed by atoms with Gasteiger partial charge in [0, 0.05) is 23.7 Å². The van der Waals surface area contributed by atoms with Gasteiger partial charge in [-0.25, -0.2) is 15.8 Å². The van der Waals surface area contributed by atoms with Gasteiger partial charge in [-0.05, 0) is 30.2 Å². The quantitative estimate of drug-likeness (QED) is 0.291. The number of nitrogens with one attached hydrogen (secondary N) is 1. The monoisotopic (exact) mass is 274 g/mol. The van der Waals surface area contributed by atoms with Crippen LogP contribution in [0.2, 0.25) is 0 Å². The molecule has 0 bridgehead atoms. The van der Waals surface area contributed by atoms with E-state index >= 15 is 0 Å². The molecule has 98 valence electrons. The Balaban J connectivity index is 2.03. The molecule has 0 aliphatic carbocycles. The molecule has 19 heavy (non-hydrogen) atoms. The second kappa shape index (κ2) is 6.31. The predicted octanol–water partition coefficient (Wildman–Crippen LogP) is 1.68. The molecule has 0 saturated carbocycles. The van der Waals surface area contributed by atoms with Crippen LogP contribution >= 0.6 is 11.8 Å². The molecule has 2 aromatic rings. The average Bonchev–Trinajstić information content (AvgIpc) is 2.46. The summed E-state index contributed by atoms with van der Waals surface area (Å²) in [6, 6.07) is 7.31. The van der Waals surface area contributed by atoms with Crippen molar-refractivity contribution in [1.82, 2.24) is 15.4 Å². The van der Waals surface area contributed by atoms with E-state index in [0.29, 0.717) is 11.3 Å². The van der Waals surface area contributed by atoms with Crippen LogP contribution in [0.5, 0.6) is 0 Å². The zero-order chi connectivity index (χ0) is 13.7. The number of carbonyl (C=O) groups excluding carboxylic acids is 1. The Bertz CT molecular complexity index is 571. The molecular formula is C13H14N4OS. The van der Waals surface area contributed by atoms with Gasteiger partial charge in [-0.3, -0.25) is 10.2 Å². The highest BCUT2D eigenvalue weighted by molar-refractivity contribution is 7.98. The third-order valence-corrected chi connectivity index (χ3v) is 3.39. The Kier molecular flexibility index (Phi) is 4.48. The van der Waals surface area contributed by atoms with Gasteiger partial charge in [-0.15, -0.1) is 0 Å². The fraction of sp³-hybridized carbons (Fsp3) is 0.154. The average molecular weight is 274 g/mol. The van der Waals surface area contributed by atoms with Gasteiger partial charge in [0.25, 0.3) is 5.91 Å². The van der Waals surface area contributed by atoms with Crippen LogP contribution in [0.25, 0.3) is 0 Å². The number of nitrogen functional groups attached to an aromatic ring is 1. The van der Waals surface area contributed by atoms with E-state index in [1.165, 1.54) is 11.8 Å². The topological polar surface area (TPSA) is 80.9 Å². The molecule has 0 aliphatic heterocycles. The molecule has 2 rings (SSSR count). The fourth-order valence-corrected chi connectivity index (χ4v) is 2.22. The predicted molar refractivity (Wildman–Crippen MR) is 74.4 cm³/mol. The van der Waals surface area contributed by atoms with Gasteiger partial charge in [-0.1, -0.05) is 23.9 Å². The highest BCUT2D eigenvalue weighted by atomic mass is 32.2. The highest BCUT2D eigenvalue weighted by Crippen LogP contribution is 2.19. The van der Waals surface area contributed by atoms with E-state index in [4.69, 9.17) is 5.84 Å². The smallest absolute Gasteiger partial charge is 0.265 e. The van der Waals surface area contributed by atoms with E-state index in [-0.39, 0.29) is 5.91 Å². The lowest BCUT2D eigenvalue weighted by Crippen LogP contribution is -2.29. The molecule has 0 saturated heterocycles. The molecule has 1 aromatic heterocycles. The number of carbonyl (C=O) groups is 1. The number of aromatic nitrogens is 2. The fourth-order valence-electron chi connectivity index (χ4n) is 1.49. The van der Waals surface area contributed by atoms with E-state index in [1.807, 2.05) is 25.1 Å². The molecule has 5 nitrogen and oxygen atoms in total. The first-order valence-corrected chi connectivity index (χ1v) is 6.69. The van der Waals surface area contributed by atoms with Gasteiger partial charge in [-0.2, -0.15) is 0 Å². The van der Waals surface area contributed by atoms with Crippen molar-refractivity contribution in [2.24, 2.45) is 5.84 Å². The molecule has 0 fully saturated rings. The standard InChI is InChI=1S/C13H14N4OS/c1-9-6-15-13(16-7-9)19-8-10-3-2-4-11(5-10)12(18)17-14/h2-7H,8,14H2,1H3,(H,17,18). The van der Waals surface area contributed by atoms with Crippen molar-refractivity contribution < 1.29 is 4.79 Å². The second-order valence-electron chi connectivity index (χ2n) is 4.01. The van der Waals surface area contributed by atoms with E-state index in [0.717, 1.165) is 16.3 Å². The van der Waals surface area contributed by atoms with Crippen LogP contribution in [0, 0.1) is 6.92 Å². The number of aryl methyl sites for hydroxylation is 1. The van der Waals surface area contributed by atoms with E-state index in [1.54, 1.807) is 18.5 Å². The Hall–Kier alpha value is -1.92. The molecule has 1 aromatic carbocycles. The minimum atomic E-state index is -0.293. The first-order chi connectivity index (χ1) is 9.19. The van der Waals surface area contributed by atoms with Crippen molar-refractivity contribution in [1.29, 1.82) is 0 Å². The van der Waals surface area contributed by atoms with Crippen molar-refractivity contribution in [2.75, 3.05) is 0 Å². The third kappa shape index (κ3) is 3.77. The maximum absolute atomic E-state index is 11.4. The van der Waals surface area contributed by atoms with Crippen molar-refractivity contribution in [2.45, 2.75) is 17.8 Å². The molecule has 0 radical (unpaired) electrons. The van der Waals surface area contributed by atoms with Crippen molar-refractivity contribution in [3.05, 3.63) is 53.3 Å². The van der Waals surface area contributed by atoms with Gasteiger partial charge >= 0.3 is 0 Å². The van der Waals surface area contributed by atoms with Crippen LogP contribution < -0.4 is 11.3 Å². The molecule has 6 heteroatoms. The lowest BCUT2D eigenvalue weighted by molar-refractivity contribution is 0.0953. The first kappa shape index (κ1) is 13.5. The van der Waals surface area contributed by atoms with Crippen LogP contribution in [0.4, 0.5) is 0 Å².